The molecule has 0 amide bonds. The maximum Gasteiger partial charge on any atom is 0.221 e. The predicted molar refractivity (Wildman–Crippen MR) is 114 cm³/mol. The fourth-order valence-electron chi connectivity index (χ4n) is 3.77. The van der Waals surface area contributed by atoms with Crippen LogP contribution in [0.3, 0.4) is 0 Å². The molecule has 3 aromatic heterocycles. The summed E-state index contributed by atoms with van der Waals surface area (Å²) in [7, 11) is 0. The summed E-state index contributed by atoms with van der Waals surface area (Å²) in [5.41, 5.74) is 8.04. The zero-order valence-electron chi connectivity index (χ0n) is 17.4. The lowest BCUT2D eigenvalue weighted by molar-refractivity contribution is 0.660. The number of nitrogens with zero attached hydrogens (tertiary/aromatic N) is 4. The lowest BCUT2D eigenvalue weighted by Gasteiger charge is -2.13. The molecule has 0 aromatic carbocycles. The van der Waals surface area contributed by atoms with Gasteiger partial charge in [0, 0.05) is 12.7 Å². The van der Waals surface area contributed by atoms with Crippen LogP contribution in [0, 0.1) is 6.92 Å². The number of aromatic nitrogens is 4. The van der Waals surface area contributed by atoms with Gasteiger partial charge in [-0.25, -0.2) is 9.97 Å². The molecule has 3 heterocycles. The first-order valence-corrected chi connectivity index (χ1v) is 9.90. The summed E-state index contributed by atoms with van der Waals surface area (Å²) in [6, 6.07) is 4.14. The number of pyridine rings is 1. The number of hydrogen-bond acceptors (Lipinski definition) is 3. The summed E-state index contributed by atoms with van der Waals surface area (Å²) < 4.78 is 4.49. The number of hydrogen-bond donors (Lipinski definition) is 1. The normalized spacial score (nSPS) is 12.3. The third kappa shape index (κ3) is 3.44. The average molecular weight is 366 g/mol. The molecule has 1 N–H and O–H groups in total. The molecule has 0 aliphatic heterocycles. The van der Waals surface area contributed by atoms with E-state index in [1.165, 1.54) is 22.5 Å². The van der Waals surface area contributed by atoms with E-state index in [2.05, 4.69) is 68.0 Å². The van der Waals surface area contributed by atoms with Crippen molar-refractivity contribution in [3.8, 4) is 0 Å². The van der Waals surface area contributed by atoms with Crippen LogP contribution in [0.2, 0.25) is 0 Å². The van der Waals surface area contributed by atoms with Gasteiger partial charge in [-0.05, 0) is 64.8 Å². The Labute approximate surface area is 161 Å². The van der Waals surface area contributed by atoms with Crippen molar-refractivity contribution in [1.82, 2.24) is 24.3 Å². The van der Waals surface area contributed by atoms with Gasteiger partial charge >= 0.3 is 0 Å². The predicted octanol–water partition coefficient (Wildman–Crippen LogP) is 5.10. The minimum Gasteiger partial charge on any atom is -0.311 e. The van der Waals surface area contributed by atoms with E-state index in [-0.39, 0.29) is 0 Å². The minimum atomic E-state index is 0.808. The van der Waals surface area contributed by atoms with Gasteiger partial charge in [-0.3, -0.25) is 8.97 Å². The lowest BCUT2D eigenvalue weighted by atomic mass is 10.1. The largest absolute Gasteiger partial charge is 0.311 e. The molecule has 0 fully saturated rings. The molecule has 0 aliphatic rings. The molecule has 0 radical (unpaired) electrons. The van der Waals surface area contributed by atoms with Crippen molar-refractivity contribution in [1.29, 1.82) is 0 Å². The Morgan fingerprint density at radius 1 is 1.22 bits per heavy atom. The van der Waals surface area contributed by atoms with Crippen LogP contribution in [0.1, 0.15) is 58.8 Å². The van der Waals surface area contributed by atoms with Crippen LogP contribution in [0.25, 0.3) is 22.6 Å². The summed E-state index contributed by atoms with van der Waals surface area (Å²) in [4.78, 5) is 9.68. The highest BCUT2D eigenvalue weighted by Crippen LogP contribution is 2.30. The van der Waals surface area contributed by atoms with Crippen LogP contribution < -0.4 is 5.32 Å². The van der Waals surface area contributed by atoms with E-state index in [4.69, 9.17) is 9.97 Å². The SMILES string of the molecule is CC/C=C(/C)C(=C(C)C)n1c2ncccc2n2c(CNCCC)c(C)nc12. The van der Waals surface area contributed by atoms with Crippen LogP contribution in [-0.2, 0) is 6.54 Å². The lowest BCUT2D eigenvalue weighted by Crippen LogP contribution is -2.15. The van der Waals surface area contributed by atoms with E-state index in [1.807, 2.05) is 12.3 Å². The van der Waals surface area contributed by atoms with Gasteiger partial charge in [0.2, 0.25) is 5.78 Å². The second-order valence-corrected chi connectivity index (χ2v) is 7.28. The smallest absolute Gasteiger partial charge is 0.221 e. The summed E-state index contributed by atoms with van der Waals surface area (Å²) in [6.07, 6.45) is 6.26. The molecular formula is C22H31N5. The van der Waals surface area contributed by atoms with Gasteiger partial charge in [-0.15, -0.1) is 0 Å². The van der Waals surface area contributed by atoms with Crippen molar-refractivity contribution in [2.24, 2.45) is 0 Å². The van der Waals surface area contributed by atoms with Crippen molar-refractivity contribution in [2.45, 2.75) is 60.9 Å². The van der Waals surface area contributed by atoms with Crippen molar-refractivity contribution in [2.75, 3.05) is 6.54 Å². The number of imidazole rings is 2. The Hall–Kier alpha value is -2.40. The standard InChI is InChI=1S/C22H31N5/c1-7-10-16(5)20(15(3)4)27-21-18(11-9-13-24-21)26-19(14-23-12-8-2)17(6)25-22(26)27/h9-11,13,23H,7-8,12,14H2,1-6H3/b16-10-. The zero-order valence-corrected chi connectivity index (χ0v) is 17.4. The summed E-state index contributed by atoms with van der Waals surface area (Å²) in [6.45, 7) is 14.8. The highest BCUT2D eigenvalue weighted by molar-refractivity contribution is 5.86. The van der Waals surface area contributed by atoms with Gasteiger partial charge in [-0.2, -0.15) is 0 Å². The van der Waals surface area contributed by atoms with E-state index in [1.54, 1.807) is 0 Å². The molecule has 0 bridgehead atoms. The minimum absolute atomic E-state index is 0.808. The van der Waals surface area contributed by atoms with Crippen molar-refractivity contribution >= 4 is 22.6 Å². The van der Waals surface area contributed by atoms with E-state index >= 15 is 0 Å². The average Bonchev–Trinajstić information content (AvgIpc) is 3.10. The highest BCUT2D eigenvalue weighted by Gasteiger charge is 2.21. The Bertz CT molecular complexity index is 1010. The monoisotopic (exact) mass is 365 g/mol. The maximum absolute atomic E-state index is 4.96. The summed E-state index contributed by atoms with van der Waals surface area (Å²) in [5, 5.41) is 3.53. The molecule has 0 aliphatic carbocycles. The van der Waals surface area contributed by atoms with Crippen molar-refractivity contribution in [3.63, 3.8) is 0 Å². The van der Waals surface area contributed by atoms with Gasteiger partial charge in [0.15, 0.2) is 5.65 Å². The molecule has 3 aromatic rings. The number of allylic oxidation sites excluding steroid dienone is 4. The Morgan fingerprint density at radius 2 is 2.00 bits per heavy atom. The molecule has 144 valence electrons. The van der Waals surface area contributed by atoms with Gasteiger partial charge in [0.05, 0.1) is 22.6 Å². The first kappa shape index (κ1) is 19.4. The summed E-state index contributed by atoms with van der Waals surface area (Å²) in [5.74, 6) is 0.939. The molecule has 0 unspecified atom stereocenters. The highest BCUT2D eigenvalue weighted by atomic mass is 15.2. The first-order chi connectivity index (χ1) is 13.0. The molecule has 27 heavy (non-hydrogen) atoms. The Balaban J connectivity index is 2.34. The topological polar surface area (TPSA) is 47.1 Å². The van der Waals surface area contributed by atoms with Gasteiger partial charge in [0.25, 0.3) is 0 Å². The van der Waals surface area contributed by atoms with Crippen LogP contribution >= 0.6 is 0 Å². The Morgan fingerprint density at radius 3 is 2.67 bits per heavy atom. The van der Waals surface area contributed by atoms with E-state index in [0.29, 0.717) is 0 Å². The number of aryl methyl sites for hydroxylation is 1. The van der Waals surface area contributed by atoms with E-state index in [9.17, 15) is 0 Å². The molecule has 3 rings (SSSR count). The van der Waals surface area contributed by atoms with Crippen LogP contribution in [0.15, 0.2) is 35.6 Å². The van der Waals surface area contributed by atoms with Crippen molar-refractivity contribution < 1.29 is 0 Å². The van der Waals surface area contributed by atoms with Gasteiger partial charge in [0.1, 0.15) is 0 Å². The quantitative estimate of drug-likeness (QED) is 0.468. The first-order valence-electron chi connectivity index (χ1n) is 9.90. The zero-order chi connectivity index (χ0) is 19.6. The third-order valence-electron chi connectivity index (χ3n) is 4.87. The van der Waals surface area contributed by atoms with Crippen LogP contribution in [0.5, 0.6) is 0 Å². The third-order valence-corrected chi connectivity index (χ3v) is 4.87. The Kier molecular flexibility index (Phi) is 5.80. The fraction of sp³-hybridized carbons (Fsp3) is 0.455. The molecular weight excluding hydrogens is 334 g/mol. The van der Waals surface area contributed by atoms with Crippen LogP contribution in [0.4, 0.5) is 0 Å². The van der Waals surface area contributed by atoms with Crippen molar-refractivity contribution in [3.05, 3.63) is 46.9 Å². The van der Waals surface area contributed by atoms with E-state index in [0.717, 1.165) is 48.6 Å². The molecule has 5 heteroatoms. The molecule has 0 spiro atoms. The number of rotatable bonds is 7. The second kappa shape index (κ2) is 8.09. The molecule has 0 saturated carbocycles. The van der Waals surface area contributed by atoms with Gasteiger partial charge in [-0.1, -0.05) is 25.5 Å². The molecule has 5 nitrogen and oxygen atoms in total. The number of fused-ring (bicyclic) bond motifs is 3. The van der Waals surface area contributed by atoms with E-state index < -0.39 is 0 Å². The second-order valence-electron chi connectivity index (χ2n) is 7.28. The number of nitrogens with one attached hydrogen (secondary N) is 1. The van der Waals surface area contributed by atoms with Gasteiger partial charge < -0.3 is 5.32 Å². The fourth-order valence-corrected chi connectivity index (χ4v) is 3.77. The molecule has 0 atom stereocenters. The van der Waals surface area contributed by atoms with Crippen LogP contribution in [-0.4, -0.2) is 25.5 Å². The summed E-state index contributed by atoms with van der Waals surface area (Å²) >= 11 is 0. The maximum atomic E-state index is 4.96. The molecule has 0 saturated heterocycles.